The second-order valence-electron chi connectivity index (χ2n) is 5.88. The molecule has 0 aliphatic heterocycles. The molecular formula is C22H21N3O3S. The number of hydrogen-bond acceptors (Lipinski definition) is 7. The van der Waals surface area contributed by atoms with E-state index in [2.05, 4.69) is 16.4 Å². The lowest BCUT2D eigenvalue weighted by Crippen LogP contribution is -1.94. The van der Waals surface area contributed by atoms with E-state index < -0.39 is 0 Å². The van der Waals surface area contributed by atoms with E-state index in [1.165, 1.54) is 11.3 Å². The Hall–Kier alpha value is -3.50. The average molecular weight is 407 g/mol. The van der Waals surface area contributed by atoms with Gasteiger partial charge in [0.25, 0.3) is 0 Å². The monoisotopic (exact) mass is 407 g/mol. The van der Waals surface area contributed by atoms with Gasteiger partial charge in [-0.1, -0.05) is 0 Å². The highest BCUT2D eigenvalue weighted by Crippen LogP contribution is 2.31. The van der Waals surface area contributed by atoms with Gasteiger partial charge in [-0.25, -0.2) is 4.98 Å². The van der Waals surface area contributed by atoms with E-state index in [9.17, 15) is 5.26 Å². The topological polar surface area (TPSA) is 76.4 Å². The summed E-state index contributed by atoms with van der Waals surface area (Å²) in [6.07, 6.45) is 1.64. The number of nitrogens with one attached hydrogen (secondary N) is 1. The molecule has 7 heteroatoms. The molecule has 0 aliphatic carbocycles. The first-order valence-electron chi connectivity index (χ1n) is 8.96. The first kappa shape index (κ1) is 20.2. The van der Waals surface area contributed by atoms with Crippen molar-refractivity contribution in [3.05, 3.63) is 59.1 Å². The fourth-order valence-electron chi connectivity index (χ4n) is 2.64. The van der Waals surface area contributed by atoms with Crippen molar-refractivity contribution in [1.82, 2.24) is 4.98 Å². The summed E-state index contributed by atoms with van der Waals surface area (Å²) in [5.74, 6) is 2.07. The van der Waals surface area contributed by atoms with Gasteiger partial charge >= 0.3 is 0 Å². The zero-order valence-electron chi connectivity index (χ0n) is 16.4. The number of benzene rings is 2. The Morgan fingerprint density at radius 1 is 1.14 bits per heavy atom. The van der Waals surface area contributed by atoms with Gasteiger partial charge in [-0.05, 0) is 43.3 Å². The van der Waals surface area contributed by atoms with E-state index in [-0.39, 0.29) is 0 Å². The molecule has 29 heavy (non-hydrogen) atoms. The standard InChI is InChI=1S/C22H21N3O3S/c1-4-28-18-8-5-15(6-9-18)19-14-29-22(25-19)16(12-23)13-24-17-7-10-20(26-2)21(11-17)27-3/h5-11,13-14,24H,4H2,1-3H3. The van der Waals surface area contributed by atoms with Crippen LogP contribution in [0.15, 0.2) is 54.0 Å². The maximum absolute atomic E-state index is 9.56. The molecule has 6 nitrogen and oxygen atoms in total. The van der Waals surface area contributed by atoms with Crippen molar-refractivity contribution >= 4 is 22.6 Å². The number of hydrogen-bond donors (Lipinski definition) is 1. The van der Waals surface area contributed by atoms with Crippen LogP contribution in [0.1, 0.15) is 11.9 Å². The maximum Gasteiger partial charge on any atom is 0.162 e. The molecule has 2 aromatic carbocycles. The van der Waals surface area contributed by atoms with Crippen molar-refractivity contribution in [3.8, 4) is 34.6 Å². The SMILES string of the molecule is CCOc1ccc(-c2csc(C(C#N)=CNc3ccc(OC)c(OC)c3)n2)cc1. The largest absolute Gasteiger partial charge is 0.494 e. The minimum atomic E-state index is 0.446. The minimum Gasteiger partial charge on any atom is -0.494 e. The summed E-state index contributed by atoms with van der Waals surface area (Å²) in [5, 5.41) is 15.3. The van der Waals surface area contributed by atoms with Crippen LogP contribution in [0, 0.1) is 11.3 Å². The number of methoxy groups -OCH3 is 2. The van der Waals surface area contributed by atoms with Crippen molar-refractivity contribution in [1.29, 1.82) is 5.26 Å². The number of nitriles is 1. The van der Waals surface area contributed by atoms with E-state index in [0.29, 0.717) is 28.7 Å². The van der Waals surface area contributed by atoms with Crippen LogP contribution in [-0.2, 0) is 0 Å². The third-order valence-corrected chi connectivity index (χ3v) is 4.96. The summed E-state index contributed by atoms with van der Waals surface area (Å²) in [6.45, 7) is 2.58. The van der Waals surface area contributed by atoms with Crippen LogP contribution in [-0.4, -0.2) is 25.8 Å². The Morgan fingerprint density at radius 3 is 2.55 bits per heavy atom. The Labute approximate surface area is 174 Å². The maximum atomic E-state index is 9.56. The first-order chi connectivity index (χ1) is 14.2. The lowest BCUT2D eigenvalue weighted by Gasteiger charge is -2.09. The molecule has 0 spiro atoms. The summed E-state index contributed by atoms with van der Waals surface area (Å²) in [7, 11) is 3.17. The van der Waals surface area contributed by atoms with Crippen molar-refractivity contribution < 1.29 is 14.2 Å². The molecule has 1 heterocycles. The molecule has 0 aliphatic rings. The highest BCUT2D eigenvalue weighted by Gasteiger charge is 2.10. The summed E-state index contributed by atoms with van der Waals surface area (Å²) < 4.78 is 16.0. The molecular weight excluding hydrogens is 386 g/mol. The molecule has 0 fully saturated rings. The molecule has 0 unspecified atom stereocenters. The lowest BCUT2D eigenvalue weighted by atomic mass is 10.2. The van der Waals surface area contributed by atoms with Gasteiger partial charge in [0.1, 0.15) is 22.4 Å². The van der Waals surface area contributed by atoms with Gasteiger partial charge in [-0.3, -0.25) is 0 Å². The van der Waals surface area contributed by atoms with Crippen molar-refractivity contribution in [2.45, 2.75) is 6.92 Å². The van der Waals surface area contributed by atoms with Gasteiger partial charge in [0, 0.05) is 28.9 Å². The fraction of sp³-hybridized carbons (Fsp3) is 0.182. The predicted molar refractivity (Wildman–Crippen MR) is 115 cm³/mol. The molecule has 0 saturated heterocycles. The van der Waals surface area contributed by atoms with E-state index in [1.54, 1.807) is 32.6 Å². The second kappa shape index (κ2) is 9.62. The van der Waals surface area contributed by atoms with Crippen molar-refractivity contribution in [2.24, 2.45) is 0 Å². The van der Waals surface area contributed by atoms with E-state index in [1.807, 2.05) is 42.6 Å². The van der Waals surface area contributed by atoms with Crippen LogP contribution in [0.25, 0.3) is 16.8 Å². The van der Waals surface area contributed by atoms with Gasteiger partial charge in [-0.2, -0.15) is 5.26 Å². The Balaban J connectivity index is 1.78. The molecule has 1 aromatic heterocycles. The van der Waals surface area contributed by atoms with Crippen LogP contribution < -0.4 is 19.5 Å². The van der Waals surface area contributed by atoms with Crippen LogP contribution >= 0.6 is 11.3 Å². The third-order valence-electron chi connectivity index (χ3n) is 4.08. The Kier molecular flexibility index (Phi) is 6.72. The highest BCUT2D eigenvalue weighted by atomic mass is 32.1. The van der Waals surface area contributed by atoms with E-state index >= 15 is 0 Å². The van der Waals surface area contributed by atoms with Crippen LogP contribution in [0.3, 0.4) is 0 Å². The molecule has 0 radical (unpaired) electrons. The van der Waals surface area contributed by atoms with E-state index in [4.69, 9.17) is 14.2 Å². The lowest BCUT2D eigenvalue weighted by molar-refractivity contribution is 0.340. The average Bonchev–Trinajstić information content (AvgIpc) is 3.25. The Bertz CT molecular complexity index is 1040. The van der Waals surface area contributed by atoms with Gasteiger partial charge in [-0.15, -0.1) is 11.3 Å². The summed E-state index contributed by atoms with van der Waals surface area (Å²) in [6, 6.07) is 15.4. The molecule has 0 bridgehead atoms. The number of allylic oxidation sites excluding steroid dienone is 1. The molecule has 0 atom stereocenters. The number of nitrogens with zero attached hydrogens (tertiary/aromatic N) is 2. The predicted octanol–water partition coefficient (Wildman–Crippen LogP) is 5.20. The quantitative estimate of drug-likeness (QED) is 0.517. The smallest absolute Gasteiger partial charge is 0.162 e. The molecule has 148 valence electrons. The van der Waals surface area contributed by atoms with Crippen LogP contribution in [0.2, 0.25) is 0 Å². The number of aromatic nitrogens is 1. The highest BCUT2D eigenvalue weighted by molar-refractivity contribution is 7.11. The number of anilines is 1. The fourth-order valence-corrected chi connectivity index (χ4v) is 3.44. The minimum absolute atomic E-state index is 0.446. The van der Waals surface area contributed by atoms with Crippen molar-refractivity contribution in [3.63, 3.8) is 0 Å². The molecule has 3 rings (SSSR count). The second-order valence-corrected chi connectivity index (χ2v) is 6.74. The first-order valence-corrected chi connectivity index (χ1v) is 9.84. The van der Waals surface area contributed by atoms with Gasteiger partial charge in [0.05, 0.1) is 26.5 Å². The zero-order chi connectivity index (χ0) is 20.6. The molecule has 0 amide bonds. The molecule has 1 N–H and O–H groups in total. The third kappa shape index (κ3) is 4.86. The van der Waals surface area contributed by atoms with Crippen LogP contribution in [0.4, 0.5) is 5.69 Å². The number of ether oxygens (including phenoxy) is 3. The summed E-state index contributed by atoms with van der Waals surface area (Å²) in [4.78, 5) is 4.60. The number of thiazole rings is 1. The zero-order valence-corrected chi connectivity index (χ0v) is 17.2. The van der Waals surface area contributed by atoms with Gasteiger partial charge < -0.3 is 19.5 Å². The van der Waals surface area contributed by atoms with Gasteiger partial charge in [0.2, 0.25) is 0 Å². The Morgan fingerprint density at radius 2 is 1.90 bits per heavy atom. The molecule has 3 aromatic rings. The normalized spacial score (nSPS) is 10.9. The van der Waals surface area contributed by atoms with Crippen LogP contribution in [0.5, 0.6) is 17.2 Å². The molecule has 0 saturated carbocycles. The van der Waals surface area contributed by atoms with Crippen molar-refractivity contribution in [2.75, 3.05) is 26.1 Å². The summed E-state index contributed by atoms with van der Waals surface area (Å²) >= 11 is 1.42. The van der Waals surface area contributed by atoms with E-state index in [0.717, 1.165) is 22.7 Å². The summed E-state index contributed by atoms with van der Waals surface area (Å²) in [5.41, 5.74) is 3.02. The number of rotatable bonds is 8. The van der Waals surface area contributed by atoms with Gasteiger partial charge in [0.15, 0.2) is 11.5 Å².